The van der Waals surface area contributed by atoms with Crippen molar-refractivity contribution in [3.63, 3.8) is 0 Å². The summed E-state index contributed by atoms with van der Waals surface area (Å²) in [5.74, 6) is -0.401. The zero-order valence-corrected chi connectivity index (χ0v) is 16.6. The summed E-state index contributed by atoms with van der Waals surface area (Å²) in [5.41, 5.74) is 2.01. The van der Waals surface area contributed by atoms with Crippen molar-refractivity contribution in [2.45, 2.75) is 38.6 Å². The standard InChI is InChI=1S/C23H26N2O4/c1-16-6-8-17(9-7-16)20(26)10-11-22(28)24-18-12-14-25(15-13-18)23(29)19-4-2-3-5-21(19)27/h2-9,18,27H,10-15H2,1H3,(H,24,28). The number of amides is 2. The average molecular weight is 394 g/mol. The summed E-state index contributed by atoms with van der Waals surface area (Å²) in [4.78, 5) is 38.6. The van der Waals surface area contributed by atoms with E-state index in [0.29, 0.717) is 37.1 Å². The minimum atomic E-state index is -0.198. The highest BCUT2D eigenvalue weighted by Crippen LogP contribution is 2.20. The van der Waals surface area contributed by atoms with Crippen LogP contribution >= 0.6 is 0 Å². The Bertz CT molecular complexity index is 884. The first kappa shape index (κ1) is 20.6. The number of carbonyl (C=O) groups is 3. The number of rotatable bonds is 6. The minimum absolute atomic E-state index is 0.00889. The third-order valence-electron chi connectivity index (χ3n) is 5.23. The molecule has 6 nitrogen and oxygen atoms in total. The number of nitrogens with one attached hydrogen (secondary N) is 1. The molecule has 2 aromatic carbocycles. The molecule has 152 valence electrons. The minimum Gasteiger partial charge on any atom is -0.507 e. The summed E-state index contributed by atoms with van der Waals surface area (Å²) < 4.78 is 0. The number of nitrogens with zero attached hydrogens (tertiary/aromatic N) is 1. The van der Waals surface area contributed by atoms with E-state index in [2.05, 4.69) is 5.32 Å². The van der Waals surface area contributed by atoms with E-state index >= 15 is 0 Å². The van der Waals surface area contributed by atoms with E-state index in [9.17, 15) is 19.5 Å². The molecule has 2 aromatic rings. The second kappa shape index (κ2) is 9.37. The molecule has 0 atom stereocenters. The number of phenols is 1. The molecule has 0 aliphatic carbocycles. The Labute approximate surface area is 170 Å². The van der Waals surface area contributed by atoms with Gasteiger partial charge in [0, 0.05) is 37.5 Å². The lowest BCUT2D eigenvalue weighted by Crippen LogP contribution is -2.46. The van der Waals surface area contributed by atoms with E-state index in [4.69, 9.17) is 0 Å². The van der Waals surface area contributed by atoms with Gasteiger partial charge in [0.1, 0.15) is 5.75 Å². The molecule has 1 saturated heterocycles. The van der Waals surface area contributed by atoms with Crippen molar-refractivity contribution in [3.05, 3.63) is 65.2 Å². The van der Waals surface area contributed by atoms with E-state index in [0.717, 1.165) is 5.56 Å². The van der Waals surface area contributed by atoms with Crippen molar-refractivity contribution in [1.29, 1.82) is 0 Å². The van der Waals surface area contributed by atoms with Crippen molar-refractivity contribution in [3.8, 4) is 5.75 Å². The number of carbonyl (C=O) groups excluding carboxylic acids is 3. The molecule has 0 unspecified atom stereocenters. The maximum Gasteiger partial charge on any atom is 0.257 e. The predicted octanol–water partition coefficient (Wildman–Crippen LogP) is 3.08. The van der Waals surface area contributed by atoms with Crippen LogP contribution in [0.2, 0.25) is 0 Å². The Balaban J connectivity index is 1.42. The van der Waals surface area contributed by atoms with Gasteiger partial charge in [0.25, 0.3) is 5.91 Å². The number of benzene rings is 2. The van der Waals surface area contributed by atoms with Crippen molar-refractivity contribution >= 4 is 17.6 Å². The molecule has 0 saturated carbocycles. The van der Waals surface area contributed by atoms with Gasteiger partial charge in [-0.25, -0.2) is 0 Å². The van der Waals surface area contributed by atoms with Crippen LogP contribution in [0.5, 0.6) is 5.75 Å². The topological polar surface area (TPSA) is 86.7 Å². The number of para-hydroxylation sites is 1. The molecule has 0 spiro atoms. The third-order valence-corrected chi connectivity index (χ3v) is 5.23. The van der Waals surface area contributed by atoms with E-state index in [1.165, 1.54) is 6.07 Å². The second-order valence-corrected chi connectivity index (χ2v) is 7.44. The first-order valence-corrected chi connectivity index (χ1v) is 9.90. The lowest BCUT2D eigenvalue weighted by molar-refractivity contribution is -0.122. The molecule has 1 heterocycles. The van der Waals surface area contributed by atoms with E-state index in [1.807, 2.05) is 19.1 Å². The summed E-state index contributed by atoms with van der Waals surface area (Å²) in [6.45, 7) is 2.99. The number of hydrogen-bond acceptors (Lipinski definition) is 4. The normalized spacial score (nSPS) is 14.4. The second-order valence-electron chi connectivity index (χ2n) is 7.44. The highest BCUT2D eigenvalue weighted by molar-refractivity contribution is 5.98. The average Bonchev–Trinajstić information content (AvgIpc) is 2.73. The van der Waals surface area contributed by atoms with Crippen molar-refractivity contribution in [2.75, 3.05) is 13.1 Å². The van der Waals surface area contributed by atoms with Crippen LogP contribution in [-0.4, -0.2) is 46.7 Å². The molecule has 1 aliphatic heterocycles. The molecule has 2 amide bonds. The molecular weight excluding hydrogens is 368 g/mol. The molecule has 0 bridgehead atoms. The lowest BCUT2D eigenvalue weighted by Gasteiger charge is -2.32. The summed E-state index contributed by atoms with van der Waals surface area (Å²) >= 11 is 0. The summed E-state index contributed by atoms with van der Waals surface area (Å²) in [6.07, 6.45) is 1.64. The lowest BCUT2D eigenvalue weighted by atomic mass is 10.0. The number of likely N-dealkylation sites (tertiary alicyclic amines) is 1. The van der Waals surface area contributed by atoms with Crippen molar-refractivity contribution in [1.82, 2.24) is 10.2 Å². The predicted molar refractivity (Wildman–Crippen MR) is 110 cm³/mol. The van der Waals surface area contributed by atoms with Gasteiger partial charge in [0.2, 0.25) is 5.91 Å². The highest BCUT2D eigenvalue weighted by atomic mass is 16.3. The smallest absolute Gasteiger partial charge is 0.257 e. The fourth-order valence-electron chi connectivity index (χ4n) is 3.46. The van der Waals surface area contributed by atoms with Crippen LogP contribution in [0, 0.1) is 6.92 Å². The molecule has 1 aliphatic rings. The number of phenolic OH excluding ortho intramolecular Hbond substituents is 1. The Morgan fingerprint density at radius 1 is 1.00 bits per heavy atom. The molecule has 2 N–H and O–H groups in total. The molecular formula is C23H26N2O4. The first-order valence-electron chi connectivity index (χ1n) is 9.90. The van der Waals surface area contributed by atoms with Crippen LogP contribution in [0.4, 0.5) is 0 Å². The Hall–Kier alpha value is -3.15. The highest BCUT2D eigenvalue weighted by Gasteiger charge is 2.25. The fraction of sp³-hybridized carbons (Fsp3) is 0.348. The largest absolute Gasteiger partial charge is 0.507 e. The Morgan fingerprint density at radius 2 is 1.66 bits per heavy atom. The molecule has 29 heavy (non-hydrogen) atoms. The van der Waals surface area contributed by atoms with Gasteiger partial charge in [0.05, 0.1) is 5.56 Å². The van der Waals surface area contributed by atoms with Crippen LogP contribution in [0.25, 0.3) is 0 Å². The van der Waals surface area contributed by atoms with Gasteiger partial charge in [-0.3, -0.25) is 14.4 Å². The number of piperidine rings is 1. The number of ketones is 1. The maximum atomic E-state index is 12.5. The number of hydrogen-bond donors (Lipinski definition) is 2. The SMILES string of the molecule is Cc1ccc(C(=O)CCC(=O)NC2CCN(C(=O)c3ccccc3O)CC2)cc1. The van der Waals surface area contributed by atoms with Crippen molar-refractivity contribution < 1.29 is 19.5 Å². The Morgan fingerprint density at radius 3 is 2.31 bits per heavy atom. The van der Waals surface area contributed by atoms with Crippen LogP contribution < -0.4 is 5.32 Å². The van der Waals surface area contributed by atoms with E-state index in [-0.39, 0.29) is 42.2 Å². The number of aryl methyl sites for hydroxylation is 1. The van der Waals surface area contributed by atoms with Gasteiger partial charge in [-0.15, -0.1) is 0 Å². The van der Waals surface area contributed by atoms with Crippen LogP contribution in [0.1, 0.15) is 52.0 Å². The quantitative estimate of drug-likeness (QED) is 0.737. The zero-order chi connectivity index (χ0) is 20.8. The number of Topliss-reactive ketones (excluding diaryl/α,β-unsaturated/α-hetero) is 1. The van der Waals surface area contributed by atoms with Crippen molar-refractivity contribution in [2.24, 2.45) is 0 Å². The maximum absolute atomic E-state index is 12.5. The summed E-state index contributed by atoms with van der Waals surface area (Å²) in [7, 11) is 0. The van der Waals surface area contributed by atoms with Gasteiger partial charge in [0.15, 0.2) is 5.78 Å². The van der Waals surface area contributed by atoms with Gasteiger partial charge in [-0.05, 0) is 31.9 Å². The molecule has 6 heteroatoms. The van der Waals surface area contributed by atoms with Gasteiger partial charge < -0.3 is 15.3 Å². The van der Waals surface area contributed by atoms with Crippen LogP contribution in [0.15, 0.2) is 48.5 Å². The van der Waals surface area contributed by atoms with Gasteiger partial charge in [-0.2, -0.15) is 0 Å². The molecule has 1 fully saturated rings. The monoisotopic (exact) mass is 394 g/mol. The summed E-state index contributed by atoms with van der Waals surface area (Å²) in [5, 5.41) is 12.8. The van der Waals surface area contributed by atoms with E-state index < -0.39 is 0 Å². The first-order chi connectivity index (χ1) is 13.9. The molecule has 0 aromatic heterocycles. The van der Waals surface area contributed by atoms with Gasteiger partial charge in [-0.1, -0.05) is 42.0 Å². The van der Waals surface area contributed by atoms with E-state index in [1.54, 1.807) is 35.2 Å². The molecule has 3 rings (SSSR count). The number of aromatic hydroxyl groups is 1. The van der Waals surface area contributed by atoms with Gasteiger partial charge >= 0.3 is 0 Å². The fourth-order valence-corrected chi connectivity index (χ4v) is 3.46. The Kier molecular flexibility index (Phi) is 6.65. The molecule has 0 radical (unpaired) electrons. The van der Waals surface area contributed by atoms with Crippen LogP contribution in [-0.2, 0) is 4.79 Å². The van der Waals surface area contributed by atoms with Crippen LogP contribution in [0.3, 0.4) is 0 Å². The third kappa shape index (κ3) is 5.44. The zero-order valence-electron chi connectivity index (χ0n) is 16.6. The summed E-state index contributed by atoms with van der Waals surface area (Å²) in [6, 6.07) is 13.8.